The molecule has 0 saturated heterocycles. The summed E-state index contributed by atoms with van der Waals surface area (Å²) in [6.45, 7) is -1.51. The summed E-state index contributed by atoms with van der Waals surface area (Å²) >= 11 is 9.25. The van der Waals surface area contributed by atoms with E-state index in [1.165, 1.54) is 12.1 Å². The van der Waals surface area contributed by atoms with Crippen molar-refractivity contribution >= 4 is 68.7 Å². The standard InChI is InChI=1S/C14H6ClF3I2N2O4/c15-10-8(19)1-6(3-21-10)12(23)26-13(24)7-2-9(20)11(22-4-7)25-5-14(16,17)18/h1-4H,5H2. The molecule has 0 fully saturated rings. The second-order valence-corrected chi connectivity index (χ2v) is 7.27. The van der Waals surface area contributed by atoms with Gasteiger partial charge in [-0.25, -0.2) is 19.6 Å². The molecule has 0 N–H and O–H groups in total. The molecule has 2 aromatic heterocycles. The molecule has 2 rings (SSSR count). The lowest BCUT2D eigenvalue weighted by atomic mass is 10.3. The number of carbonyl (C=O) groups is 2. The van der Waals surface area contributed by atoms with Crippen LogP contribution in [0.25, 0.3) is 0 Å². The smallest absolute Gasteiger partial charge is 0.422 e. The minimum absolute atomic E-state index is 0.0138. The van der Waals surface area contributed by atoms with E-state index in [9.17, 15) is 22.8 Å². The second kappa shape index (κ2) is 8.65. The molecule has 138 valence electrons. The molecule has 6 nitrogen and oxygen atoms in total. The molecule has 0 aliphatic rings. The lowest BCUT2D eigenvalue weighted by molar-refractivity contribution is -0.154. The van der Waals surface area contributed by atoms with Crippen molar-refractivity contribution in [3.05, 3.63) is 47.9 Å². The topological polar surface area (TPSA) is 78.4 Å². The van der Waals surface area contributed by atoms with Crippen LogP contribution in [0.4, 0.5) is 13.2 Å². The number of aromatic nitrogens is 2. The number of halogens is 6. The molecule has 0 unspecified atom stereocenters. The Kier molecular flexibility index (Phi) is 7.01. The number of alkyl halides is 3. The number of hydrogen-bond donors (Lipinski definition) is 0. The van der Waals surface area contributed by atoms with Gasteiger partial charge in [0.15, 0.2) is 6.61 Å². The van der Waals surface area contributed by atoms with Crippen LogP contribution in [0.2, 0.25) is 5.15 Å². The Morgan fingerprint density at radius 1 is 1.04 bits per heavy atom. The predicted molar refractivity (Wildman–Crippen MR) is 100 cm³/mol. The first-order valence-corrected chi connectivity index (χ1v) is 9.03. The van der Waals surface area contributed by atoms with E-state index in [1.54, 1.807) is 22.6 Å². The molecule has 12 heteroatoms. The predicted octanol–water partition coefficient (Wildman–Crippen LogP) is 4.28. The molecule has 0 spiro atoms. The van der Waals surface area contributed by atoms with Crippen LogP contribution in [0.1, 0.15) is 20.7 Å². The van der Waals surface area contributed by atoms with Crippen LogP contribution < -0.4 is 4.74 Å². The first-order valence-electron chi connectivity index (χ1n) is 6.49. The summed E-state index contributed by atoms with van der Waals surface area (Å²) in [6, 6.07) is 2.58. The largest absolute Gasteiger partial charge is 0.467 e. The molecule has 0 bridgehead atoms. The molecule has 26 heavy (non-hydrogen) atoms. The summed E-state index contributed by atoms with van der Waals surface area (Å²) in [7, 11) is 0. The zero-order valence-corrected chi connectivity index (χ0v) is 17.4. The summed E-state index contributed by atoms with van der Waals surface area (Å²) in [4.78, 5) is 31.4. The fourth-order valence-corrected chi connectivity index (χ4v) is 2.74. The molecule has 2 heterocycles. The third kappa shape index (κ3) is 5.90. The summed E-state index contributed by atoms with van der Waals surface area (Å²) in [5.41, 5.74) is -0.112. The van der Waals surface area contributed by atoms with Gasteiger partial charge in [0.05, 0.1) is 18.3 Å². The normalized spacial score (nSPS) is 11.2. The van der Waals surface area contributed by atoms with Gasteiger partial charge in [0.25, 0.3) is 0 Å². The zero-order chi connectivity index (χ0) is 19.5. The molecule has 0 aliphatic carbocycles. The highest BCUT2D eigenvalue weighted by Gasteiger charge is 2.29. The molecule has 0 radical (unpaired) electrons. The Morgan fingerprint density at radius 3 is 2.08 bits per heavy atom. The molecule has 0 amide bonds. The van der Waals surface area contributed by atoms with Crippen molar-refractivity contribution in [1.82, 2.24) is 9.97 Å². The van der Waals surface area contributed by atoms with Crippen LogP contribution in [0, 0.1) is 7.14 Å². The number of rotatable bonds is 4. The Hall–Kier alpha value is -1.22. The maximum atomic E-state index is 12.2. The Balaban J connectivity index is 2.08. The molecule has 0 aromatic carbocycles. The number of esters is 2. The third-order valence-electron chi connectivity index (χ3n) is 2.63. The molecular formula is C14H6ClF3I2N2O4. The van der Waals surface area contributed by atoms with Gasteiger partial charge in [-0.2, -0.15) is 13.2 Å². The summed E-state index contributed by atoms with van der Waals surface area (Å²) < 4.78 is 46.3. The van der Waals surface area contributed by atoms with Crippen LogP contribution in [0.15, 0.2) is 24.5 Å². The van der Waals surface area contributed by atoms with Crippen LogP contribution in [0.5, 0.6) is 5.88 Å². The van der Waals surface area contributed by atoms with E-state index >= 15 is 0 Å². The first kappa shape index (κ1) is 21.1. The van der Waals surface area contributed by atoms with Gasteiger partial charge in [0, 0.05) is 12.4 Å². The van der Waals surface area contributed by atoms with Gasteiger partial charge >= 0.3 is 18.1 Å². The number of pyridine rings is 2. The zero-order valence-electron chi connectivity index (χ0n) is 12.3. The van der Waals surface area contributed by atoms with Crippen molar-refractivity contribution < 1.29 is 32.2 Å². The van der Waals surface area contributed by atoms with E-state index in [0.717, 1.165) is 12.4 Å². The van der Waals surface area contributed by atoms with Gasteiger partial charge in [-0.1, -0.05) is 11.6 Å². The molecule has 0 saturated carbocycles. The highest BCUT2D eigenvalue weighted by Crippen LogP contribution is 2.23. The lowest BCUT2D eigenvalue weighted by Gasteiger charge is -2.10. The van der Waals surface area contributed by atoms with Crippen LogP contribution in [-0.2, 0) is 4.74 Å². The average molecular weight is 612 g/mol. The van der Waals surface area contributed by atoms with E-state index in [4.69, 9.17) is 16.3 Å². The van der Waals surface area contributed by atoms with Gasteiger partial charge < -0.3 is 9.47 Å². The molecule has 0 aliphatic heterocycles. The van der Waals surface area contributed by atoms with Crippen LogP contribution >= 0.6 is 56.8 Å². The van der Waals surface area contributed by atoms with E-state index in [1.807, 2.05) is 22.6 Å². The van der Waals surface area contributed by atoms with Gasteiger partial charge in [0.1, 0.15) is 5.15 Å². The quantitative estimate of drug-likeness (QED) is 0.222. The van der Waals surface area contributed by atoms with Crippen LogP contribution in [0.3, 0.4) is 0 Å². The van der Waals surface area contributed by atoms with Gasteiger partial charge in [0.2, 0.25) is 5.88 Å². The molecule has 0 atom stereocenters. The fourth-order valence-electron chi connectivity index (χ4n) is 1.53. The Bertz CT molecular complexity index is 865. The van der Waals surface area contributed by atoms with E-state index in [-0.39, 0.29) is 25.7 Å². The van der Waals surface area contributed by atoms with E-state index in [2.05, 4.69) is 14.7 Å². The lowest BCUT2D eigenvalue weighted by Crippen LogP contribution is -2.20. The number of carbonyl (C=O) groups excluding carboxylic acids is 2. The van der Waals surface area contributed by atoms with Crippen molar-refractivity contribution in [2.24, 2.45) is 0 Å². The second-order valence-electron chi connectivity index (χ2n) is 4.59. The van der Waals surface area contributed by atoms with Crippen molar-refractivity contribution in [2.75, 3.05) is 6.61 Å². The van der Waals surface area contributed by atoms with E-state index < -0.39 is 24.7 Å². The van der Waals surface area contributed by atoms with Crippen LogP contribution in [-0.4, -0.2) is 34.7 Å². The minimum Gasteiger partial charge on any atom is -0.467 e. The summed E-state index contributed by atoms with van der Waals surface area (Å²) in [5, 5.41) is 0.196. The highest BCUT2D eigenvalue weighted by atomic mass is 127. The van der Waals surface area contributed by atoms with E-state index in [0.29, 0.717) is 3.57 Å². The SMILES string of the molecule is O=C(OC(=O)c1cnc(OCC(F)(F)F)c(I)c1)c1cnc(Cl)c(I)c1. The summed E-state index contributed by atoms with van der Waals surface area (Å²) in [6.07, 6.45) is -2.41. The number of nitrogens with zero attached hydrogens (tertiary/aromatic N) is 2. The molecular weight excluding hydrogens is 606 g/mol. The fraction of sp³-hybridized carbons (Fsp3) is 0.143. The maximum Gasteiger partial charge on any atom is 0.422 e. The van der Waals surface area contributed by atoms with Crippen molar-refractivity contribution in [3.8, 4) is 5.88 Å². The van der Waals surface area contributed by atoms with Gasteiger partial charge in [-0.05, 0) is 57.3 Å². The Morgan fingerprint density at radius 2 is 1.58 bits per heavy atom. The van der Waals surface area contributed by atoms with Gasteiger partial charge in [-0.3, -0.25) is 0 Å². The maximum absolute atomic E-state index is 12.2. The first-order chi connectivity index (χ1) is 12.1. The molecule has 2 aromatic rings. The average Bonchev–Trinajstić information content (AvgIpc) is 2.55. The number of hydrogen-bond acceptors (Lipinski definition) is 6. The Labute approximate surface area is 176 Å². The van der Waals surface area contributed by atoms with Crippen molar-refractivity contribution in [2.45, 2.75) is 6.18 Å². The highest BCUT2D eigenvalue weighted by molar-refractivity contribution is 14.1. The monoisotopic (exact) mass is 612 g/mol. The third-order valence-corrected chi connectivity index (χ3v) is 4.85. The van der Waals surface area contributed by atoms with Crippen molar-refractivity contribution in [3.63, 3.8) is 0 Å². The minimum atomic E-state index is -4.51. The van der Waals surface area contributed by atoms with Gasteiger partial charge in [-0.15, -0.1) is 0 Å². The number of ether oxygens (including phenoxy) is 2. The van der Waals surface area contributed by atoms with Crippen molar-refractivity contribution in [1.29, 1.82) is 0 Å². The summed E-state index contributed by atoms with van der Waals surface area (Å²) in [5.74, 6) is -2.26.